The first-order valence-electron chi connectivity index (χ1n) is 16.1. The Labute approximate surface area is 279 Å². The first kappa shape index (κ1) is 32.8. The maximum Gasteiger partial charge on any atom is 0.124 e. The van der Waals surface area contributed by atoms with E-state index in [1.54, 1.807) is 11.3 Å². The molecular weight excluding hydrogens is 612 g/mol. The predicted molar refractivity (Wildman–Crippen MR) is 190 cm³/mol. The number of rotatable bonds is 18. The molecule has 6 rings (SSSR count). The monoisotopic (exact) mass is 652 g/mol. The second-order valence-corrected chi connectivity index (χ2v) is 12.5. The van der Waals surface area contributed by atoms with Crippen LogP contribution in [0.4, 0.5) is 10.1 Å². The molecule has 2 heterocycles. The molecule has 6 aromatic rings. The van der Waals surface area contributed by atoms with Crippen molar-refractivity contribution >= 4 is 38.1 Å². The number of aromatic nitrogens is 2. The van der Waals surface area contributed by atoms with Crippen LogP contribution in [0.1, 0.15) is 16.7 Å². The van der Waals surface area contributed by atoms with E-state index in [0.717, 1.165) is 47.0 Å². The van der Waals surface area contributed by atoms with Crippen LogP contribution in [-0.2, 0) is 27.3 Å². The van der Waals surface area contributed by atoms with Gasteiger partial charge in [0.05, 0.1) is 49.9 Å². The third-order valence-corrected chi connectivity index (χ3v) is 8.97. The quantitative estimate of drug-likeness (QED) is 0.0930. The van der Waals surface area contributed by atoms with Crippen LogP contribution in [0.2, 0.25) is 0 Å². The van der Waals surface area contributed by atoms with Gasteiger partial charge in [-0.05, 0) is 84.3 Å². The van der Waals surface area contributed by atoms with E-state index >= 15 is 0 Å². The Hall–Kier alpha value is -4.12. The molecule has 0 saturated heterocycles. The van der Waals surface area contributed by atoms with Crippen LogP contribution >= 0.6 is 11.3 Å². The minimum Gasteiger partial charge on any atom is -0.383 e. The molecule has 47 heavy (non-hydrogen) atoms. The Morgan fingerprint density at radius 3 is 2.32 bits per heavy atom. The second-order valence-electron chi connectivity index (χ2n) is 11.4. The number of hydrogen-bond acceptors (Lipinski definition) is 7. The molecule has 244 valence electrons. The lowest BCUT2D eigenvalue weighted by molar-refractivity contribution is 0.0170. The third-order valence-electron chi connectivity index (χ3n) is 7.90. The van der Waals surface area contributed by atoms with Gasteiger partial charge in [-0.3, -0.25) is 0 Å². The van der Waals surface area contributed by atoms with Crippen molar-refractivity contribution in [2.24, 2.45) is 0 Å². The molecule has 0 radical (unpaired) electrons. The molecule has 0 bridgehead atoms. The van der Waals surface area contributed by atoms with Gasteiger partial charge in [0.2, 0.25) is 0 Å². The van der Waals surface area contributed by atoms with Crippen LogP contribution in [-0.4, -0.2) is 62.3 Å². The van der Waals surface area contributed by atoms with E-state index in [4.69, 9.17) is 19.2 Å². The van der Waals surface area contributed by atoms with Crippen molar-refractivity contribution in [1.82, 2.24) is 14.9 Å². The number of ether oxygens (including phenoxy) is 3. The van der Waals surface area contributed by atoms with Gasteiger partial charge in [-0.25, -0.2) is 9.37 Å². The summed E-state index contributed by atoms with van der Waals surface area (Å²) in [5.41, 5.74) is 7.98. The zero-order valence-electron chi connectivity index (χ0n) is 26.7. The highest BCUT2D eigenvalue weighted by Crippen LogP contribution is 2.31. The lowest BCUT2D eigenvalue weighted by Crippen LogP contribution is -2.20. The Bertz CT molecular complexity index is 1850. The number of fused-ring (bicyclic) bond motifs is 2. The fourth-order valence-electron chi connectivity index (χ4n) is 5.43. The number of halogens is 1. The minimum atomic E-state index is -0.212. The molecule has 0 atom stereocenters. The van der Waals surface area contributed by atoms with Crippen LogP contribution in [0, 0.1) is 12.7 Å². The molecule has 0 spiro atoms. The van der Waals surface area contributed by atoms with E-state index in [2.05, 4.69) is 95.1 Å². The molecule has 0 amide bonds. The Balaban J connectivity index is 0.780. The van der Waals surface area contributed by atoms with Crippen molar-refractivity contribution in [2.45, 2.75) is 20.0 Å². The van der Waals surface area contributed by atoms with Gasteiger partial charge in [0.15, 0.2) is 0 Å². The molecule has 4 aromatic carbocycles. The van der Waals surface area contributed by atoms with E-state index in [0.29, 0.717) is 46.2 Å². The van der Waals surface area contributed by atoms with E-state index in [9.17, 15) is 4.39 Å². The molecule has 2 aromatic heterocycles. The standard InChI is InChI=1S/C38H41FN4O3S/c1-28-5-14-35-37(25-28)47-38(42-35)30-8-12-33(13-9-30)41-17-20-45-22-24-46-23-21-44-19-16-40-26-31-3-2-4-36-34(31)15-18-43(36)27-29-6-10-32(39)11-7-29/h2-15,18,25,40-41H,16-17,19-24,26-27H2,1H3. The van der Waals surface area contributed by atoms with E-state index in [1.807, 2.05) is 12.1 Å². The average molecular weight is 653 g/mol. The molecule has 0 aliphatic rings. The van der Waals surface area contributed by atoms with Gasteiger partial charge in [0, 0.05) is 54.5 Å². The van der Waals surface area contributed by atoms with Crippen LogP contribution in [0.25, 0.3) is 31.7 Å². The highest BCUT2D eigenvalue weighted by molar-refractivity contribution is 7.21. The van der Waals surface area contributed by atoms with Gasteiger partial charge in [-0.15, -0.1) is 11.3 Å². The predicted octanol–water partition coefficient (Wildman–Crippen LogP) is 7.67. The maximum absolute atomic E-state index is 13.3. The van der Waals surface area contributed by atoms with Gasteiger partial charge < -0.3 is 29.4 Å². The number of nitrogens with one attached hydrogen (secondary N) is 2. The first-order valence-corrected chi connectivity index (χ1v) is 16.9. The molecule has 0 fully saturated rings. The van der Waals surface area contributed by atoms with Crippen molar-refractivity contribution in [3.05, 3.63) is 120 Å². The normalized spacial score (nSPS) is 11.5. The third kappa shape index (κ3) is 9.24. The van der Waals surface area contributed by atoms with Gasteiger partial charge >= 0.3 is 0 Å². The molecular formula is C38H41FN4O3S. The van der Waals surface area contributed by atoms with Gasteiger partial charge in [0.25, 0.3) is 0 Å². The number of nitrogens with zero attached hydrogens (tertiary/aromatic N) is 2. The lowest BCUT2D eigenvalue weighted by atomic mass is 10.1. The largest absolute Gasteiger partial charge is 0.383 e. The summed E-state index contributed by atoms with van der Waals surface area (Å²) < 4.78 is 33.7. The molecule has 7 nitrogen and oxygen atoms in total. The summed E-state index contributed by atoms with van der Waals surface area (Å²) in [6.07, 6.45) is 2.09. The van der Waals surface area contributed by atoms with Crippen molar-refractivity contribution in [2.75, 3.05) is 58.0 Å². The average Bonchev–Trinajstić information content (AvgIpc) is 3.70. The second kappa shape index (κ2) is 16.6. The molecule has 0 unspecified atom stereocenters. The summed E-state index contributed by atoms with van der Waals surface area (Å²) in [4.78, 5) is 4.77. The first-order chi connectivity index (χ1) is 23.1. The van der Waals surface area contributed by atoms with Crippen LogP contribution in [0.15, 0.2) is 97.2 Å². The van der Waals surface area contributed by atoms with Crippen molar-refractivity contribution in [3.63, 3.8) is 0 Å². The number of benzene rings is 4. The van der Waals surface area contributed by atoms with Gasteiger partial charge in [-0.2, -0.15) is 0 Å². The van der Waals surface area contributed by atoms with Gasteiger partial charge in [0.1, 0.15) is 10.8 Å². The number of hydrogen-bond donors (Lipinski definition) is 2. The smallest absolute Gasteiger partial charge is 0.124 e. The fraction of sp³-hybridized carbons (Fsp3) is 0.289. The zero-order valence-corrected chi connectivity index (χ0v) is 27.5. The molecule has 9 heteroatoms. The topological polar surface area (TPSA) is 69.6 Å². The molecule has 0 aliphatic heterocycles. The summed E-state index contributed by atoms with van der Waals surface area (Å²) >= 11 is 1.73. The summed E-state index contributed by atoms with van der Waals surface area (Å²) in [6.45, 7) is 8.49. The summed E-state index contributed by atoms with van der Waals surface area (Å²) in [6, 6.07) is 29.9. The van der Waals surface area contributed by atoms with E-state index in [-0.39, 0.29) is 5.82 Å². The number of thiazole rings is 1. The Morgan fingerprint density at radius 1 is 0.787 bits per heavy atom. The molecule has 0 saturated carbocycles. The van der Waals surface area contributed by atoms with Crippen molar-refractivity contribution in [1.29, 1.82) is 0 Å². The van der Waals surface area contributed by atoms with Crippen LogP contribution in [0.5, 0.6) is 0 Å². The Kier molecular flexibility index (Phi) is 11.6. The van der Waals surface area contributed by atoms with E-state index in [1.165, 1.54) is 38.9 Å². The lowest BCUT2D eigenvalue weighted by Gasteiger charge is -2.10. The van der Waals surface area contributed by atoms with Gasteiger partial charge in [-0.1, -0.05) is 30.3 Å². The minimum absolute atomic E-state index is 0.212. The summed E-state index contributed by atoms with van der Waals surface area (Å²) in [5.74, 6) is -0.212. The summed E-state index contributed by atoms with van der Waals surface area (Å²) in [5, 5.41) is 9.14. The van der Waals surface area contributed by atoms with Crippen molar-refractivity contribution in [3.8, 4) is 10.6 Å². The highest BCUT2D eigenvalue weighted by Gasteiger charge is 2.08. The zero-order chi connectivity index (χ0) is 32.3. The van der Waals surface area contributed by atoms with Crippen molar-refractivity contribution < 1.29 is 18.6 Å². The molecule has 2 N–H and O–H groups in total. The maximum atomic E-state index is 13.3. The summed E-state index contributed by atoms with van der Waals surface area (Å²) in [7, 11) is 0. The number of aryl methyl sites for hydroxylation is 1. The van der Waals surface area contributed by atoms with Crippen LogP contribution < -0.4 is 10.6 Å². The van der Waals surface area contributed by atoms with Crippen LogP contribution in [0.3, 0.4) is 0 Å². The number of anilines is 1. The van der Waals surface area contributed by atoms with E-state index < -0.39 is 0 Å². The SMILES string of the molecule is Cc1ccc2nc(-c3ccc(NCCOCCOCCOCCNCc4cccc5c4ccn5Cc4ccc(F)cc4)cc3)sc2c1. The molecule has 0 aliphatic carbocycles. The highest BCUT2D eigenvalue weighted by atomic mass is 32.1. The Morgan fingerprint density at radius 2 is 1.53 bits per heavy atom. The fourth-order valence-corrected chi connectivity index (χ4v) is 6.50.